The number of carbonyl (C=O) groups is 1. The van der Waals surface area contributed by atoms with Crippen LogP contribution in [0.2, 0.25) is 0 Å². The van der Waals surface area contributed by atoms with Gasteiger partial charge in [-0.15, -0.1) is 0 Å². The second-order valence-electron chi connectivity index (χ2n) is 6.44. The van der Waals surface area contributed by atoms with Crippen LogP contribution in [0.15, 0.2) is 41.1 Å². The van der Waals surface area contributed by atoms with Gasteiger partial charge < -0.3 is 10.1 Å². The number of rotatable bonds is 7. The van der Waals surface area contributed by atoms with Gasteiger partial charge in [-0.05, 0) is 47.1 Å². The minimum Gasteiger partial charge on any atom is -0.379 e. The number of ether oxygens (including phenoxy) is 1. The monoisotopic (exact) mass is 359 g/mol. The van der Waals surface area contributed by atoms with Crippen LogP contribution in [-0.4, -0.2) is 55.6 Å². The Hall–Kier alpha value is -1.73. The molecule has 0 bridgehead atoms. The van der Waals surface area contributed by atoms with E-state index in [2.05, 4.69) is 39.2 Å². The van der Waals surface area contributed by atoms with Crippen molar-refractivity contribution in [2.75, 3.05) is 45.2 Å². The van der Waals surface area contributed by atoms with E-state index in [0.29, 0.717) is 6.54 Å². The number of nitrogens with one attached hydrogen (secondary N) is 1. The number of nitrogens with zero attached hydrogens (tertiary/aromatic N) is 2. The maximum absolute atomic E-state index is 12.2. The highest BCUT2D eigenvalue weighted by atomic mass is 32.1. The number of anilines is 1. The Labute approximate surface area is 153 Å². The number of carbonyl (C=O) groups excluding carboxylic acids is 1. The van der Waals surface area contributed by atoms with E-state index in [1.165, 1.54) is 11.1 Å². The Morgan fingerprint density at radius 2 is 1.96 bits per heavy atom. The van der Waals surface area contributed by atoms with Crippen LogP contribution in [-0.2, 0) is 22.6 Å². The molecule has 134 valence electrons. The van der Waals surface area contributed by atoms with Crippen LogP contribution in [0.5, 0.6) is 0 Å². The second kappa shape index (κ2) is 9.10. The van der Waals surface area contributed by atoms with Crippen LogP contribution in [0, 0.1) is 0 Å². The van der Waals surface area contributed by atoms with E-state index in [0.717, 1.165) is 45.1 Å². The predicted octanol–water partition coefficient (Wildman–Crippen LogP) is 2.65. The van der Waals surface area contributed by atoms with Crippen molar-refractivity contribution in [2.24, 2.45) is 0 Å². The maximum atomic E-state index is 12.2. The lowest BCUT2D eigenvalue weighted by Crippen LogP contribution is -2.35. The molecule has 1 aliphatic rings. The van der Waals surface area contributed by atoms with Crippen molar-refractivity contribution in [1.29, 1.82) is 0 Å². The summed E-state index contributed by atoms with van der Waals surface area (Å²) in [5, 5.41) is 7.14. The summed E-state index contributed by atoms with van der Waals surface area (Å²) in [5.41, 5.74) is 3.35. The third-order valence-corrected chi connectivity index (χ3v) is 4.93. The Balaban J connectivity index is 1.44. The van der Waals surface area contributed by atoms with Crippen molar-refractivity contribution in [3.63, 3.8) is 0 Å². The minimum absolute atomic E-state index is 0.0126. The Kier molecular flexibility index (Phi) is 6.58. The lowest BCUT2D eigenvalue weighted by Gasteiger charge is -2.26. The summed E-state index contributed by atoms with van der Waals surface area (Å²) in [7, 11) is 1.96. The molecule has 1 aliphatic heterocycles. The Morgan fingerprint density at radius 3 is 2.64 bits per heavy atom. The molecule has 1 aromatic heterocycles. The van der Waals surface area contributed by atoms with E-state index in [1.807, 2.05) is 24.1 Å². The van der Waals surface area contributed by atoms with E-state index in [1.54, 1.807) is 11.3 Å². The van der Waals surface area contributed by atoms with E-state index < -0.39 is 0 Å². The molecule has 1 N–H and O–H groups in total. The first kappa shape index (κ1) is 18.1. The molecular weight excluding hydrogens is 334 g/mol. The summed E-state index contributed by atoms with van der Waals surface area (Å²) < 4.78 is 5.37. The molecule has 6 heteroatoms. The van der Waals surface area contributed by atoms with Crippen molar-refractivity contribution >= 4 is 22.9 Å². The number of hydrogen-bond acceptors (Lipinski definition) is 5. The maximum Gasteiger partial charge on any atom is 0.238 e. The molecule has 0 spiro atoms. The largest absolute Gasteiger partial charge is 0.379 e. The number of benzene rings is 1. The smallest absolute Gasteiger partial charge is 0.238 e. The third kappa shape index (κ3) is 5.93. The van der Waals surface area contributed by atoms with Gasteiger partial charge in [-0.25, -0.2) is 0 Å². The van der Waals surface area contributed by atoms with Gasteiger partial charge in [0.25, 0.3) is 0 Å². The summed E-state index contributed by atoms with van der Waals surface area (Å²) in [6.07, 6.45) is 0. The highest BCUT2D eigenvalue weighted by molar-refractivity contribution is 7.07. The predicted molar refractivity (Wildman–Crippen MR) is 102 cm³/mol. The van der Waals surface area contributed by atoms with Gasteiger partial charge >= 0.3 is 0 Å². The molecule has 0 atom stereocenters. The van der Waals surface area contributed by atoms with Gasteiger partial charge in [0.05, 0.1) is 19.8 Å². The van der Waals surface area contributed by atoms with Gasteiger partial charge in [0.15, 0.2) is 0 Å². The fourth-order valence-corrected chi connectivity index (χ4v) is 3.57. The van der Waals surface area contributed by atoms with E-state index in [9.17, 15) is 4.79 Å². The first-order chi connectivity index (χ1) is 12.2. The first-order valence-corrected chi connectivity index (χ1v) is 9.52. The van der Waals surface area contributed by atoms with Crippen molar-refractivity contribution in [2.45, 2.75) is 13.1 Å². The van der Waals surface area contributed by atoms with Crippen LogP contribution >= 0.6 is 11.3 Å². The molecule has 1 fully saturated rings. The fourth-order valence-electron chi connectivity index (χ4n) is 2.91. The molecule has 1 saturated heterocycles. The Morgan fingerprint density at radius 1 is 1.20 bits per heavy atom. The fraction of sp³-hybridized carbons (Fsp3) is 0.421. The molecule has 5 nitrogen and oxygen atoms in total. The number of likely N-dealkylation sites (N-methyl/N-ethyl adjacent to an activating group) is 1. The average molecular weight is 359 g/mol. The quantitative estimate of drug-likeness (QED) is 0.825. The SMILES string of the molecule is CN(CC(=O)Nc1ccc(CN2CCOCC2)cc1)Cc1ccsc1. The van der Waals surface area contributed by atoms with Gasteiger partial charge in [0.2, 0.25) is 5.91 Å². The number of amides is 1. The van der Waals surface area contributed by atoms with Gasteiger partial charge in [0.1, 0.15) is 0 Å². The van der Waals surface area contributed by atoms with Gasteiger partial charge in [-0.3, -0.25) is 14.6 Å². The van der Waals surface area contributed by atoms with Gasteiger partial charge in [0, 0.05) is 31.9 Å². The standard InChI is InChI=1S/C19H25N3O2S/c1-21(12-17-6-11-25-15-17)14-19(23)20-18-4-2-16(3-5-18)13-22-7-9-24-10-8-22/h2-6,11,15H,7-10,12-14H2,1H3,(H,20,23). The van der Waals surface area contributed by atoms with Crippen molar-refractivity contribution in [1.82, 2.24) is 9.80 Å². The molecule has 0 unspecified atom stereocenters. The highest BCUT2D eigenvalue weighted by Gasteiger charge is 2.11. The van der Waals surface area contributed by atoms with E-state index in [-0.39, 0.29) is 5.91 Å². The zero-order chi connectivity index (χ0) is 17.5. The summed E-state index contributed by atoms with van der Waals surface area (Å²) >= 11 is 1.68. The first-order valence-electron chi connectivity index (χ1n) is 8.57. The summed E-state index contributed by atoms with van der Waals surface area (Å²) in [6, 6.07) is 10.2. The number of thiophene rings is 1. The molecule has 1 aromatic carbocycles. The number of hydrogen-bond donors (Lipinski definition) is 1. The molecule has 2 heterocycles. The van der Waals surface area contributed by atoms with Crippen LogP contribution in [0.3, 0.4) is 0 Å². The zero-order valence-electron chi connectivity index (χ0n) is 14.6. The minimum atomic E-state index is 0.0126. The van der Waals surface area contributed by atoms with Gasteiger partial charge in [-0.1, -0.05) is 12.1 Å². The molecule has 2 aromatic rings. The second-order valence-corrected chi connectivity index (χ2v) is 7.22. The number of morpholine rings is 1. The molecule has 0 aliphatic carbocycles. The van der Waals surface area contributed by atoms with E-state index >= 15 is 0 Å². The van der Waals surface area contributed by atoms with Crippen LogP contribution < -0.4 is 5.32 Å². The summed E-state index contributed by atoms with van der Waals surface area (Å²) in [4.78, 5) is 16.6. The van der Waals surface area contributed by atoms with Crippen molar-refractivity contribution < 1.29 is 9.53 Å². The molecular formula is C19H25N3O2S. The third-order valence-electron chi connectivity index (χ3n) is 4.19. The van der Waals surface area contributed by atoms with E-state index in [4.69, 9.17) is 4.74 Å². The zero-order valence-corrected chi connectivity index (χ0v) is 15.4. The van der Waals surface area contributed by atoms with Crippen LogP contribution in [0.4, 0.5) is 5.69 Å². The molecule has 0 saturated carbocycles. The molecule has 1 amide bonds. The van der Waals surface area contributed by atoms with Crippen LogP contribution in [0.25, 0.3) is 0 Å². The summed E-state index contributed by atoms with van der Waals surface area (Å²) in [6.45, 7) is 5.69. The normalized spacial score (nSPS) is 15.4. The van der Waals surface area contributed by atoms with Gasteiger partial charge in [-0.2, -0.15) is 11.3 Å². The summed E-state index contributed by atoms with van der Waals surface area (Å²) in [5.74, 6) is 0.0126. The van der Waals surface area contributed by atoms with Crippen molar-refractivity contribution in [3.05, 3.63) is 52.2 Å². The lowest BCUT2D eigenvalue weighted by atomic mass is 10.2. The van der Waals surface area contributed by atoms with Crippen molar-refractivity contribution in [3.8, 4) is 0 Å². The Bertz CT molecular complexity index is 652. The molecule has 25 heavy (non-hydrogen) atoms. The lowest BCUT2D eigenvalue weighted by molar-refractivity contribution is -0.117. The average Bonchev–Trinajstić information content (AvgIpc) is 3.10. The van der Waals surface area contributed by atoms with Crippen LogP contribution in [0.1, 0.15) is 11.1 Å². The highest BCUT2D eigenvalue weighted by Crippen LogP contribution is 2.13. The molecule has 3 rings (SSSR count). The topological polar surface area (TPSA) is 44.8 Å². The molecule has 0 radical (unpaired) electrons.